The van der Waals surface area contributed by atoms with Crippen molar-refractivity contribution in [3.05, 3.63) is 140 Å². The molecule has 0 N–H and O–H groups in total. The molecule has 0 unspecified atom stereocenters. The third-order valence-electron chi connectivity index (χ3n) is 9.46. The molecule has 5 aromatic heterocycles. The van der Waals surface area contributed by atoms with Crippen molar-refractivity contribution in [1.82, 2.24) is 14.0 Å². The monoisotopic (exact) mass is 605 g/mol. The first-order valence-electron chi connectivity index (χ1n) is 15.5. The van der Waals surface area contributed by atoms with E-state index in [9.17, 15) is 0 Å². The molecule has 0 bridgehead atoms. The van der Waals surface area contributed by atoms with Gasteiger partial charge in [-0.1, -0.05) is 72.8 Å². The Hall–Kier alpha value is -5.91. The normalized spacial score (nSPS) is 12.3. The minimum Gasteiger partial charge on any atom is -0.454 e. The standard InChI is InChI=1S/C41H23N3OS/c1-5-16-32-24(10-1)21-35-39(42-31-15-4-6-17-33(31)44(32)35)25-11-9-12-26(20-25)43-34-22-29-27-13-3-8-19-37(27)46-38(29)23-30(34)41-40(43)28-14-2-7-18-36(28)45-41/h1-23H. The molecule has 0 aliphatic rings. The number of aromatic nitrogens is 3. The number of nitrogens with zero attached hydrogens (tertiary/aromatic N) is 3. The Morgan fingerprint density at radius 3 is 2.30 bits per heavy atom. The molecular formula is C41H23N3OS. The smallest absolute Gasteiger partial charge is 0.161 e. The molecular weight excluding hydrogens is 583 g/mol. The second kappa shape index (κ2) is 8.84. The Balaban J connectivity index is 1.25. The van der Waals surface area contributed by atoms with Crippen molar-refractivity contribution >= 4 is 91.9 Å². The highest BCUT2D eigenvalue weighted by Gasteiger charge is 2.22. The number of hydrogen-bond acceptors (Lipinski definition) is 3. The maximum atomic E-state index is 6.61. The van der Waals surface area contributed by atoms with Crippen LogP contribution in [0.1, 0.15) is 0 Å². The minimum absolute atomic E-state index is 0.897. The summed E-state index contributed by atoms with van der Waals surface area (Å²) in [5.74, 6) is 0. The second-order valence-electron chi connectivity index (χ2n) is 12.0. The van der Waals surface area contributed by atoms with Crippen molar-refractivity contribution in [1.29, 1.82) is 0 Å². The molecule has 0 amide bonds. The van der Waals surface area contributed by atoms with Crippen molar-refractivity contribution in [2.45, 2.75) is 0 Å². The molecule has 6 aromatic carbocycles. The highest BCUT2D eigenvalue weighted by molar-refractivity contribution is 7.25. The van der Waals surface area contributed by atoms with Crippen LogP contribution in [0.25, 0.3) is 97.5 Å². The van der Waals surface area contributed by atoms with E-state index in [1.165, 1.54) is 31.1 Å². The lowest BCUT2D eigenvalue weighted by Crippen LogP contribution is -1.97. The van der Waals surface area contributed by atoms with E-state index in [-0.39, 0.29) is 0 Å². The molecule has 0 saturated heterocycles. The molecule has 0 saturated carbocycles. The molecule has 0 aliphatic heterocycles. The molecule has 0 spiro atoms. The second-order valence-corrected chi connectivity index (χ2v) is 13.1. The summed E-state index contributed by atoms with van der Waals surface area (Å²) in [7, 11) is 0. The summed E-state index contributed by atoms with van der Waals surface area (Å²) in [5.41, 5.74) is 11.5. The van der Waals surface area contributed by atoms with Gasteiger partial charge in [0.1, 0.15) is 11.1 Å². The fraction of sp³-hybridized carbons (Fsp3) is 0. The van der Waals surface area contributed by atoms with E-state index < -0.39 is 0 Å². The Bertz CT molecular complexity index is 3040. The zero-order chi connectivity index (χ0) is 29.9. The van der Waals surface area contributed by atoms with Gasteiger partial charge < -0.3 is 13.4 Å². The molecule has 11 rings (SSSR count). The van der Waals surface area contributed by atoms with Crippen LogP contribution in [0.15, 0.2) is 144 Å². The van der Waals surface area contributed by atoms with Gasteiger partial charge in [0.05, 0.1) is 33.3 Å². The van der Waals surface area contributed by atoms with Gasteiger partial charge in [-0.3, -0.25) is 0 Å². The van der Waals surface area contributed by atoms with Crippen molar-refractivity contribution < 1.29 is 4.42 Å². The van der Waals surface area contributed by atoms with Crippen LogP contribution < -0.4 is 0 Å². The van der Waals surface area contributed by atoms with Gasteiger partial charge in [-0.15, -0.1) is 11.3 Å². The van der Waals surface area contributed by atoms with E-state index in [4.69, 9.17) is 9.40 Å². The van der Waals surface area contributed by atoms with Gasteiger partial charge in [0.25, 0.3) is 0 Å². The van der Waals surface area contributed by atoms with Gasteiger partial charge >= 0.3 is 0 Å². The quantitative estimate of drug-likeness (QED) is 0.196. The van der Waals surface area contributed by atoms with E-state index in [1.54, 1.807) is 0 Å². The zero-order valence-electron chi connectivity index (χ0n) is 24.4. The van der Waals surface area contributed by atoms with Crippen LogP contribution in [0.4, 0.5) is 0 Å². The highest BCUT2D eigenvalue weighted by atomic mass is 32.1. The van der Waals surface area contributed by atoms with Gasteiger partial charge in [-0.05, 0) is 66.7 Å². The van der Waals surface area contributed by atoms with Crippen molar-refractivity contribution in [2.75, 3.05) is 0 Å². The largest absolute Gasteiger partial charge is 0.454 e. The van der Waals surface area contributed by atoms with E-state index in [1.807, 2.05) is 17.4 Å². The topological polar surface area (TPSA) is 35.4 Å². The zero-order valence-corrected chi connectivity index (χ0v) is 25.3. The molecule has 11 aromatic rings. The number of rotatable bonds is 2. The molecule has 0 fully saturated rings. The van der Waals surface area contributed by atoms with Crippen molar-refractivity contribution in [2.24, 2.45) is 0 Å². The summed E-state index contributed by atoms with van der Waals surface area (Å²) in [6.45, 7) is 0. The van der Waals surface area contributed by atoms with Crippen LogP contribution in [-0.4, -0.2) is 14.0 Å². The van der Waals surface area contributed by atoms with Gasteiger partial charge in [0, 0.05) is 47.6 Å². The van der Waals surface area contributed by atoms with Gasteiger partial charge in [-0.25, -0.2) is 4.98 Å². The predicted molar refractivity (Wildman–Crippen MR) is 193 cm³/mol. The molecule has 0 atom stereocenters. The minimum atomic E-state index is 0.897. The SMILES string of the molecule is c1cc(-c2nc3ccccc3n3c2cc2ccccc23)cc(-n2c3cc4c(cc3c3oc5ccccc5c32)sc2ccccc24)c1. The van der Waals surface area contributed by atoms with Crippen molar-refractivity contribution in [3.63, 3.8) is 0 Å². The number of para-hydroxylation sites is 4. The van der Waals surface area contributed by atoms with Crippen LogP contribution in [0.2, 0.25) is 0 Å². The van der Waals surface area contributed by atoms with E-state index in [0.717, 1.165) is 66.5 Å². The lowest BCUT2D eigenvalue weighted by Gasteiger charge is -2.12. The lowest BCUT2D eigenvalue weighted by atomic mass is 10.1. The number of benzene rings is 6. The van der Waals surface area contributed by atoms with Gasteiger partial charge in [-0.2, -0.15) is 0 Å². The van der Waals surface area contributed by atoms with E-state index in [2.05, 4.69) is 142 Å². The number of hydrogen-bond donors (Lipinski definition) is 0. The third-order valence-corrected chi connectivity index (χ3v) is 10.6. The van der Waals surface area contributed by atoms with Crippen LogP contribution >= 0.6 is 11.3 Å². The fourth-order valence-electron chi connectivity index (χ4n) is 7.47. The molecule has 0 aliphatic carbocycles. The van der Waals surface area contributed by atoms with Crippen LogP contribution in [0.5, 0.6) is 0 Å². The van der Waals surface area contributed by atoms with Crippen molar-refractivity contribution in [3.8, 4) is 16.9 Å². The van der Waals surface area contributed by atoms with Crippen LogP contribution in [0, 0.1) is 0 Å². The summed E-state index contributed by atoms with van der Waals surface area (Å²) in [5, 5.41) is 5.99. The van der Waals surface area contributed by atoms with Gasteiger partial charge in [0.2, 0.25) is 0 Å². The summed E-state index contributed by atoms with van der Waals surface area (Å²) in [6, 6.07) is 49.8. The fourth-order valence-corrected chi connectivity index (χ4v) is 8.60. The van der Waals surface area contributed by atoms with Gasteiger partial charge in [0.15, 0.2) is 5.58 Å². The highest BCUT2D eigenvalue weighted by Crippen LogP contribution is 2.44. The maximum absolute atomic E-state index is 6.61. The molecule has 46 heavy (non-hydrogen) atoms. The molecule has 214 valence electrons. The summed E-state index contributed by atoms with van der Waals surface area (Å²) >= 11 is 1.84. The Morgan fingerprint density at radius 1 is 0.543 bits per heavy atom. The molecule has 0 radical (unpaired) electrons. The number of thiophene rings is 1. The summed E-state index contributed by atoms with van der Waals surface area (Å²) in [4.78, 5) is 5.28. The average Bonchev–Trinajstić information content (AvgIpc) is 3.85. The van der Waals surface area contributed by atoms with E-state index >= 15 is 0 Å². The molecule has 4 nitrogen and oxygen atoms in total. The Morgan fingerprint density at radius 2 is 1.35 bits per heavy atom. The summed E-state index contributed by atoms with van der Waals surface area (Å²) < 4.78 is 13.9. The Kier molecular flexibility index (Phi) is 4.69. The summed E-state index contributed by atoms with van der Waals surface area (Å²) in [6.07, 6.45) is 0. The molecule has 5 heterocycles. The average molecular weight is 606 g/mol. The predicted octanol–water partition coefficient (Wildman–Crippen LogP) is 11.5. The Labute approximate surface area is 266 Å². The molecule has 5 heteroatoms. The first kappa shape index (κ1) is 24.4. The first-order chi connectivity index (χ1) is 22.8. The maximum Gasteiger partial charge on any atom is 0.161 e. The van der Waals surface area contributed by atoms with E-state index in [0.29, 0.717) is 0 Å². The van der Waals surface area contributed by atoms with Crippen LogP contribution in [0.3, 0.4) is 0 Å². The number of fused-ring (bicyclic) bond motifs is 13. The van der Waals surface area contributed by atoms with Crippen LogP contribution in [-0.2, 0) is 0 Å². The lowest BCUT2D eigenvalue weighted by molar-refractivity contribution is 0.673. The number of furan rings is 1. The first-order valence-corrected chi connectivity index (χ1v) is 16.3. The third kappa shape index (κ3) is 3.19.